The third-order valence-electron chi connectivity index (χ3n) is 4.82. The van der Waals surface area contributed by atoms with Gasteiger partial charge in [0.2, 0.25) is 0 Å². The Kier molecular flexibility index (Phi) is 6.48. The number of thiophene rings is 1. The van der Waals surface area contributed by atoms with E-state index in [9.17, 15) is 4.79 Å². The van der Waals surface area contributed by atoms with Gasteiger partial charge < -0.3 is 10.2 Å². The first-order chi connectivity index (χ1) is 12.2. The predicted molar refractivity (Wildman–Crippen MR) is 104 cm³/mol. The highest BCUT2D eigenvalue weighted by atomic mass is 32.1. The number of likely N-dealkylation sites (tertiary alicyclic amines) is 1. The van der Waals surface area contributed by atoms with Crippen LogP contribution in [0.5, 0.6) is 0 Å². The number of carbonyl (C=O) groups is 1. The lowest BCUT2D eigenvalue weighted by Gasteiger charge is -2.32. The Balaban J connectivity index is 1.35. The van der Waals surface area contributed by atoms with E-state index in [1.165, 1.54) is 4.88 Å². The van der Waals surface area contributed by atoms with Crippen molar-refractivity contribution < 1.29 is 4.79 Å². The van der Waals surface area contributed by atoms with E-state index in [-0.39, 0.29) is 6.03 Å². The number of piperidine rings is 1. The highest BCUT2D eigenvalue weighted by Crippen LogP contribution is 2.20. The number of amides is 2. The van der Waals surface area contributed by atoms with Crippen LogP contribution in [0.4, 0.5) is 4.79 Å². The second kappa shape index (κ2) is 9.02. The Hall–Kier alpha value is -1.85. The molecular weight excluding hydrogens is 330 g/mol. The molecule has 2 amide bonds. The molecular formula is C20H27N3OS. The van der Waals surface area contributed by atoms with Crippen molar-refractivity contribution in [1.82, 2.24) is 15.1 Å². The van der Waals surface area contributed by atoms with E-state index in [4.69, 9.17) is 0 Å². The average Bonchev–Trinajstić information content (AvgIpc) is 3.14. The third kappa shape index (κ3) is 5.58. The monoisotopic (exact) mass is 357 g/mol. The molecule has 4 nitrogen and oxygen atoms in total. The van der Waals surface area contributed by atoms with Gasteiger partial charge in [-0.25, -0.2) is 4.79 Å². The lowest BCUT2D eigenvalue weighted by molar-refractivity contribution is 0.171. The lowest BCUT2D eigenvalue weighted by Crippen LogP contribution is -2.42. The zero-order valence-electron chi connectivity index (χ0n) is 14.9. The number of nitrogens with zero attached hydrogens (tertiary/aromatic N) is 2. The zero-order chi connectivity index (χ0) is 17.5. The van der Waals surface area contributed by atoms with Gasteiger partial charge in [-0.3, -0.25) is 4.90 Å². The fraction of sp³-hybridized carbons (Fsp3) is 0.450. The fourth-order valence-corrected chi connectivity index (χ4v) is 4.01. The molecule has 1 aromatic carbocycles. The molecule has 0 bridgehead atoms. The first kappa shape index (κ1) is 18.0. The normalized spacial score (nSPS) is 15.9. The van der Waals surface area contributed by atoms with Crippen LogP contribution in [-0.2, 0) is 13.1 Å². The van der Waals surface area contributed by atoms with Gasteiger partial charge >= 0.3 is 6.03 Å². The third-order valence-corrected chi connectivity index (χ3v) is 5.68. The number of carbonyl (C=O) groups excluding carboxylic acids is 1. The van der Waals surface area contributed by atoms with Crippen molar-refractivity contribution in [2.45, 2.75) is 25.9 Å². The molecule has 2 heterocycles. The van der Waals surface area contributed by atoms with Crippen LogP contribution in [0.15, 0.2) is 47.8 Å². The van der Waals surface area contributed by atoms with Gasteiger partial charge in [0, 0.05) is 31.6 Å². The maximum absolute atomic E-state index is 12.3. The van der Waals surface area contributed by atoms with Crippen LogP contribution in [0.25, 0.3) is 0 Å². The number of nitrogens with one attached hydrogen (secondary N) is 1. The number of benzene rings is 1. The molecule has 0 atom stereocenters. The van der Waals surface area contributed by atoms with Gasteiger partial charge in [0.25, 0.3) is 0 Å². The Morgan fingerprint density at radius 3 is 2.64 bits per heavy atom. The maximum atomic E-state index is 12.3. The van der Waals surface area contributed by atoms with Crippen molar-refractivity contribution in [2.24, 2.45) is 5.92 Å². The van der Waals surface area contributed by atoms with Crippen LogP contribution in [-0.4, -0.2) is 42.5 Å². The highest BCUT2D eigenvalue weighted by molar-refractivity contribution is 7.09. The van der Waals surface area contributed by atoms with Crippen LogP contribution in [0.1, 0.15) is 23.3 Å². The van der Waals surface area contributed by atoms with Crippen molar-refractivity contribution in [1.29, 1.82) is 0 Å². The van der Waals surface area contributed by atoms with Crippen LogP contribution < -0.4 is 5.32 Å². The van der Waals surface area contributed by atoms with Crippen LogP contribution >= 0.6 is 11.3 Å². The summed E-state index contributed by atoms with van der Waals surface area (Å²) in [4.78, 5) is 18.0. The van der Waals surface area contributed by atoms with Gasteiger partial charge in [-0.15, -0.1) is 11.3 Å². The summed E-state index contributed by atoms with van der Waals surface area (Å²) in [6, 6.07) is 14.4. The SMILES string of the molecule is CN(Cc1ccccc1)C(=O)NCC1CCN(Cc2cccs2)CC1. The number of rotatable bonds is 6. The molecule has 0 saturated carbocycles. The lowest BCUT2D eigenvalue weighted by atomic mass is 9.97. The zero-order valence-corrected chi connectivity index (χ0v) is 15.7. The Morgan fingerprint density at radius 1 is 1.20 bits per heavy atom. The number of hydrogen-bond acceptors (Lipinski definition) is 3. The molecule has 2 aromatic rings. The Morgan fingerprint density at radius 2 is 1.96 bits per heavy atom. The standard InChI is InChI=1S/C20H27N3OS/c1-22(15-18-6-3-2-4-7-18)20(24)21-14-17-9-11-23(12-10-17)16-19-8-5-13-25-19/h2-8,13,17H,9-12,14-16H2,1H3,(H,21,24). The van der Waals surface area contributed by atoms with E-state index in [1.807, 2.05) is 48.7 Å². The largest absolute Gasteiger partial charge is 0.338 e. The smallest absolute Gasteiger partial charge is 0.317 e. The van der Waals surface area contributed by atoms with Crippen molar-refractivity contribution >= 4 is 17.4 Å². The molecule has 1 aliphatic rings. The molecule has 1 aromatic heterocycles. The quantitative estimate of drug-likeness (QED) is 0.853. The summed E-state index contributed by atoms with van der Waals surface area (Å²) in [5.74, 6) is 0.591. The van der Waals surface area contributed by atoms with Gasteiger partial charge in [0.1, 0.15) is 0 Å². The van der Waals surface area contributed by atoms with Crippen LogP contribution in [0, 0.1) is 5.92 Å². The van der Waals surface area contributed by atoms with Crippen molar-refractivity contribution in [3.63, 3.8) is 0 Å². The minimum absolute atomic E-state index is 0.0184. The molecule has 5 heteroatoms. The van der Waals surface area contributed by atoms with E-state index < -0.39 is 0 Å². The van der Waals surface area contributed by atoms with Crippen molar-refractivity contribution in [2.75, 3.05) is 26.7 Å². The number of urea groups is 1. The molecule has 0 spiro atoms. The van der Waals surface area contributed by atoms with Crippen molar-refractivity contribution in [3.05, 3.63) is 58.3 Å². The van der Waals surface area contributed by atoms with Crippen molar-refractivity contribution in [3.8, 4) is 0 Å². The molecule has 3 rings (SSSR count). The Labute approximate surface area is 154 Å². The fourth-order valence-electron chi connectivity index (χ4n) is 3.27. The molecule has 134 valence electrons. The molecule has 1 saturated heterocycles. The highest BCUT2D eigenvalue weighted by Gasteiger charge is 2.20. The maximum Gasteiger partial charge on any atom is 0.317 e. The molecule has 0 unspecified atom stereocenters. The van der Waals surface area contributed by atoms with E-state index in [2.05, 4.69) is 27.7 Å². The summed E-state index contributed by atoms with van der Waals surface area (Å²) in [7, 11) is 1.85. The minimum atomic E-state index is 0.0184. The number of hydrogen-bond donors (Lipinski definition) is 1. The molecule has 0 aliphatic carbocycles. The average molecular weight is 358 g/mol. The van der Waals surface area contributed by atoms with Gasteiger partial charge in [0.05, 0.1) is 0 Å². The Bertz CT molecular complexity index is 636. The van der Waals surface area contributed by atoms with E-state index >= 15 is 0 Å². The van der Waals surface area contributed by atoms with Gasteiger partial charge in [-0.1, -0.05) is 36.4 Å². The van der Waals surface area contributed by atoms with E-state index in [1.54, 1.807) is 4.90 Å². The van der Waals surface area contributed by atoms with Gasteiger partial charge in [-0.05, 0) is 48.9 Å². The topological polar surface area (TPSA) is 35.6 Å². The molecule has 1 aliphatic heterocycles. The minimum Gasteiger partial charge on any atom is -0.338 e. The predicted octanol–water partition coefficient (Wildman–Crippen LogP) is 3.80. The summed E-state index contributed by atoms with van der Waals surface area (Å²) in [5.41, 5.74) is 1.15. The summed E-state index contributed by atoms with van der Waals surface area (Å²) in [6.07, 6.45) is 2.32. The molecule has 1 N–H and O–H groups in total. The first-order valence-corrected chi connectivity index (χ1v) is 9.86. The second-order valence-electron chi connectivity index (χ2n) is 6.83. The van der Waals surface area contributed by atoms with E-state index in [0.29, 0.717) is 12.5 Å². The summed E-state index contributed by atoms with van der Waals surface area (Å²) in [5, 5.41) is 5.25. The summed E-state index contributed by atoms with van der Waals surface area (Å²) < 4.78 is 0. The van der Waals surface area contributed by atoms with E-state index in [0.717, 1.165) is 44.6 Å². The van der Waals surface area contributed by atoms with Gasteiger partial charge in [-0.2, -0.15) is 0 Å². The second-order valence-corrected chi connectivity index (χ2v) is 7.86. The van der Waals surface area contributed by atoms with Crippen LogP contribution in [0.2, 0.25) is 0 Å². The molecule has 1 fully saturated rings. The summed E-state index contributed by atoms with van der Waals surface area (Å²) >= 11 is 1.83. The first-order valence-electron chi connectivity index (χ1n) is 8.98. The van der Waals surface area contributed by atoms with Gasteiger partial charge in [0.15, 0.2) is 0 Å². The molecule has 0 radical (unpaired) electrons. The summed E-state index contributed by atoms with van der Waals surface area (Å²) in [6.45, 7) is 4.74. The van der Waals surface area contributed by atoms with Crippen LogP contribution in [0.3, 0.4) is 0 Å². The molecule has 25 heavy (non-hydrogen) atoms.